The molecule has 2 heterocycles. The summed E-state index contributed by atoms with van der Waals surface area (Å²) in [5.41, 5.74) is 2.24. The number of carbonyl (C=O) groups is 1. The molecule has 1 aromatic heterocycles. The van der Waals surface area contributed by atoms with Gasteiger partial charge in [0, 0.05) is 12.6 Å². The lowest BCUT2D eigenvalue weighted by Gasteiger charge is -2.18. The van der Waals surface area contributed by atoms with Crippen molar-refractivity contribution in [2.24, 2.45) is 7.05 Å². The molecule has 0 aliphatic carbocycles. The number of carbonyl (C=O) groups excluding carboxylic acids is 1. The van der Waals surface area contributed by atoms with Crippen LogP contribution in [0.2, 0.25) is 0 Å². The van der Waals surface area contributed by atoms with Gasteiger partial charge in [0.25, 0.3) is 0 Å². The monoisotopic (exact) mass is 244 g/mol. The minimum Gasteiger partial charge on any atom is -0.486 e. The number of ether oxygens (including phenoxy) is 2. The van der Waals surface area contributed by atoms with E-state index in [0.29, 0.717) is 18.9 Å². The Morgan fingerprint density at radius 2 is 2.00 bits per heavy atom. The lowest BCUT2D eigenvalue weighted by atomic mass is 10.1. The number of hydrogen-bond acceptors (Lipinski definition) is 4. The van der Waals surface area contributed by atoms with Crippen molar-refractivity contribution in [1.29, 1.82) is 0 Å². The molecule has 0 radical (unpaired) electrons. The Morgan fingerprint density at radius 3 is 2.72 bits per heavy atom. The zero-order chi connectivity index (χ0) is 12.5. The molecule has 0 spiro atoms. The van der Waals surface area contributed by atoms with E-state index in [0.717, 1.165) is 29.0 Å². The summed E-state index contributed by atoms with van der Waals surface area (Å²) in [4.78, 5) is 10.7. The van der Waals surface area contributed by atoms with Crippen molar-refractivity contribution in [3.63, 3.8) is 0 Å². The van der Waals surface area contributed by atoms with E-state index in [9.17, 15) is 4.79 Å². The largest absolute Gasteiger partial charge is 0.486 e. The van der Waals surface area contributed by atoms with Crippen LogP contribution < -0.4 is 9.47 Å². The van der Waals surface area contributed by atoms with Gasteiger partial charge >= 0.3 is 0 Å². The maximum absolute atomic E-state index is 10.7. The Balaban J connectivity index is 2.05. The highest BCUT2D eigenvalue weighted by Gasteiger charge is 2.14. The SMILES string of the molecule is Cn1nc(C=O)cc1-c1ccc2c(c1)OCCO2. The number of aromatic nitrogens is 2. The molecule has 0 fully saturated rings. The fourth-order valence-corrected chi connectivity index (χ4v) is 2.02. The summed E-state index contributed by atoms with van der Waals surface area (Å²) in [6, 6.07) is 7.45. The minimum atomic E-state index is 0.419. The topological polar surface area (TPSA) is 53.4 Å². The van der Waals surface area contributed by atoms with Gasteiger partial charge in [0.2, 0.25) is 0 Å². The molecule has 2 aromatic rings. The van der Waals surface area contributed by atoms with Crippen LogP contribution >= 0.6 is 0 Å². The van der Waals surface area contributed by atoms with Gasteiger partial charge in [-0.15, -0.1) is 0 Å². The Bertz CT molecular complexity index is 604. The van der Waals surface area contributed by atoms with E-state index in [1.54, 1.807) is 17.8 Å². The van der Waals surface area contributed by atoms with Crippen molar-refractivity contribution < 1.29 is 14.3 Å². The van der Waals surface area contributed by atoms with Crippen LogP contribution in [0.1, 0.15) is 10.5 Å². The molecule has 0 saturated heterocycles. The Morgan fingerprint density at radius 1 is 1.22 bits per heavy atom. The number of rotatable bonds is 2. The molecule has 5 heteroatoms. The van der Waals surface area contributed by atoms with Crippen LogP contribution in [0.5, 0.6) is 11.5 Å². The predicted molar refractivity (Wildman–Crippen MR) is 65.0 cm³/mol. The average molecular weight is 244 g/mol. The van der Waals surface area contributed by atoms with Crippen molar-refractivity contribution in [2.45, 2.75) is 0 Å². The van der Waals surface area contributed by atoms with E-state index in [1.165, 1.54) is 0 Å². The highest BCUT2D eigenvalue weighted by atomic mass is 16.6. The van der Waals surface area contributed by atoms with Crippen LogP contribution in [0, 0.1) is 0 Å². The van der Waals surface area contributed by atoms with Gasteiger partial charge in [0.1, 0.15) is 18.9 Å². The lowest BCUT2D eigenvalue weighted by molar-refractivity contribution is 0.111. The van der Waals surface area contributed by atoms with Crippen LogP contribution in [0.3, 0.4) is 0 Å². The van der Waals surface area contributed by atoms with Gasteiger partial charge in [-0.1, -0.05) is 0 Å². The number of nitrogens with zero attached hydrogens (tertiary/aromatic N) is 2. The van der Waals surface area contributed by atoms with E-state index in [2.05, 4.69) is 5.10 Å². The Hall–Kier alpha value is -2.30. The Kier molecular flexibility index (Phi) is 2.51. The van der Waals surface area contributed by atoms with E-state index < -0.39 is 0 Å². The molecule has 0 unspecified atom stereocenters. The summed E-state index contributed by atoms with van der Waals surface area (Å²) in [7, 11) is 1.80. The van der Waals surface area contributed by atoms with Crippen molar-refractivity contribution in [1.82, 2.24) is 9.78 Å². The first-order valence-electron chi connectivity index (χ1n) is 5.67. The van der Waals surface area contributed by atoms with E-state index >= 15 is 0 Å². The van der Waals surface area contributed by atoms with Gasteiger partial charge in [-0.2, -0.15) is 5.10 Å². The summed E-state index contributed by atoms with van der Waals surface area (Å²) in [6.45, 7) is 1.13. The smallest absolute Gasteiger partial charge is 0.170 e. The fraction of sp³-hybridized carbons (Fsp3) is 0.231. The second-order valence-electron chi connectivity index (χ2n) is 4.05. The third-order valence-corrected chi connectivity index (χ3v) is 2.86. The minimum absolute atomic E-state index is 0.419. The number of benzene rings is 1. The van der Waals surface area contributed by atoms with Crippen molar-refractivity contribution >= 4 is 6.29 Å². The third kappa shape index (κ3) is 1.73. The molecule has 0 saturated carbocycles. The molecule has 0 atom stereocenters. The number of aldehydes is 1. The number of hydrogen-bond donors (Lipinski definition) is 0. The first kappa shape index (κ1) is 10.8. The maximum atomic E-state index is 10.7. The molecular weight excluding hydrogens is 232 g/mol. The normalized spacial score (nSPS) is 13.4. The molecule has 5 nitrogen and oxygen atoms in total. The van der Waals surface area contributed by atoms with Gasteiger partial charge < -0.3 is 9.47 Å². The van der Waals surface area contributed by atoms with E-state index in [-0.39, 0.29) is 0 Å². The average Bonchev–Trinajstić information content (AvgIpc) is 2.79. The second-order valence-corrected chi connectivity index (χ2v) is 4.05. The summed E-state index contributed by atoms with van der Waals surface area (Å²) >= 11 is 0. The first-order chi connectivity index (χ1) is 8.78. The van der Waals surface area contributed by atoms with Gasteiger partial charge in [0.15, 0.2) is 17.8 Å². The van der Waals surface area contributed by atoms with Gasteiger partial charge in [-0.05, 0) is 24.3 Å². The number of fused-ring (bicyclic) bond motifs is 1. The molecule has 1 aliphatic heterocycles. The van der Waals surface area contributed by atoms with Gasteiger partial charge in [-0.25, -0.2) is 0 Å². The van der Waals surface area contributed by atoms with Crippen LogP contribution in [-0.4, -0.2) is 29.3 Å². The summed E-state index contributed by atoms with van der Waals surface area (Å²) < 4.78 is 12.7. The fourth-order valence-electron chi connectivity index (χ4n) is 2.02. The molecule has 92 valence electrons. The molecule has 0 N–H and O–H groups in total. The molecule has 1 aliphatic rings. The third-order valence-electron chi connectivity index (χ3n) is 2.86. The molecule has 0 amide bonds. The molecule has 18 heavy (non-hydrogen) atoms. The molecule has 1 aromatic carbocycles. The van der Waals surface area contributed by atoms with Gasteiger partial charge in [0.05, 0.1) is 5.69 Å². The molecular formula is C13H12N2O3. The standard InChI is InChI=1S/C13H12N2O3/c1-15-11(7-10(8-16)14-15)9-2-3-12-13(6-9)18-5-4-17-12/h2-3,6-8H,4-5H2,1H3. The van der Waals surface area contributed by atoms with Crippen LogP contribution in [0.15, 0.2) is 24.3 Å². The Labute approximate surface area is 104 Å². The predicted octanol–water partition coefficient (Wildman–Crippen LogP) is 1.67. The van der Waals surface area contributed by atoms with E-state index in [4.69, 9.17) is 9.47 Å². The van der Waals surface area contributed by atoms with Gasteiger partial charge in [-0.3, -0.25) is 9.48 Å². The first-order valence-corrected chi connectivity index (χ1v) is 5.67. The van der Waals surface area contributed by atoms with Crippen molar-refractivity contribution in [3.8, 4) is 22.8 Å². The quantitative estimate of drug-likeness (QED) is 0.754. The zero-order valence-electron chi connectivity index (χ0n) is 9.92. The molecule has 0 bridgehead atoms. The number of aryl methyl sites for hydroxylation is 1. The highest BCUT2D eigenvalue weighted by molar-refractivity contribution is 5.76. The zero-order valence-corrected chi connectivity index (χ0v) is 9.92. The van der Waals surface area contributed by atoms with Crippen LogP contribution in [-0.2, 0) is 7.05 Å². The van der Waals surface area contributed by atoms with Crippen molar-refractivity contribution in [2.75, 3.05) is 13.2 Å². The molecule has 3 rings (SSSR count). The summed E-state index contributed by atoms with van der Waals surface area (Å²) in [6.07, 6.45) is 0.738. The van der Waals surface area contributed by atoms with E-state index in [1.807, 2.05) is 18.2 Å². The lowest BCUT2D eigenvalue weighted by Crippen LogP contribution is -2.15. The van der Waals surface area contributed by atoms with Crippen molar-refractivity contribution in [3.05, 3.63) is 30.0 Å². The maximum Gasteiger partial charge on any atom is 0.170 e. The second kappa shape index (κ2) is 4.18. The van der Waals surface area contributed by atoms with Crippen LogP contribution in [0.25, 0.3) is 11.3 Å². The van der Waals surface area contributed by atoms with Crippen LogP contribution in [0.4, 0.5) is 0 Å². The summed E-state index contributed by atoms with van der Waals surface area (Å²) in [5, 5.41) is 4.09. The highest BCUT2D eigenvalue weighted by Crippen LogP contribution is 2.34. The summed E-state index contributed by atoms with van der Waals surface area (Å²) in [5.74, 6) is 1.48.